The number of benzene rings is 1. The van der Waals surface area contributed by atoms with Gasteiger partial charge < -0.3 is 0 Å². The van der Waals surface area contributed by atoms with Crippen LogP contribution < -0.4 is 4.72 Å². The van der Waals surface area contributed by atoms with Crippen LogP contribution in [0, 0.1) is 0 Å². The Morgan fingerprint density at radius 3 is 2.40 bits per heavy atom. The highest BCUT2D eigenvalue weighted by Gasteiger charge is 1.88. The molecule has 0 radical (unpaired) electrons. The lowest BCUT2D eigenvalue weighted by atomic mass is 10.4. The highest BCUT2D eigenvalue weighted by atomic mass is 32.2. The molecule has 1 nitrogen and oxygen atoms in total. The Hall–Kier alpha value is -0.600. The third-order valence-corrected chi connectivity index (χ3v) is 2.61. The van der Waals surface area contributed by atoms with Crippen LogP contribution >= 0.6 is 10.7 Å². The van der Waals surface area contributed by atoms with Gasteiger partial charge >= 0.3 is 0 Å². The normalized spacial score (nSPS) is 12.9. The van der Waals surface area contributed by atoms with Crippen molar-refractivity contribution >= 4 is 16.5 Å². The highest BCUT2D eigenvalue weighted by Crippen LogP contribution is 2.17. The average molecular weight is 153 g/mol. The summed E-state index contributed by atoms with van der Waals surface area (Å²) in [6, 6.07) is 10.2. The average Bonchev–Trinajstić information content (AvgIpc) is 2.05. The van der Waals surface area contributed by atoms with E-state index in [-0.39, 0.29) is 10.7 Å². The van der Waals surface area contributed by atoms with Gasteiger partial charge in [-0.15, -0.1) is 0 Å². The minimum absolute atomic E-state index is 0.0404. The van der Waals surface area contributed by atoms with Crippen molar-refractivity contribution in [2.45, 2.75) is 4.90 Å². The molecule has 1 aromatic rings. The molecular weight excluding hydrogens is 142 g/mol. The van der Waals surface area contributed by atoms with E-state index < -0.39 is 0 Å². The van der Waals surface area contributed by atoms with Crippen LogP contribution in [0.1, 0.15) is 0 Å². The van der Waals surface area contributed by atoms with E-state index in [1.807, 2.05) is 25.2 Å². The summed E-state index contributed by atoms with van der Waals surface area (Å²) in [5.74, 6) is 3.94. The molecule has 0 saturated carbocycles. The second-order valence-electron chi connectivity index (χ2n) is 1.91. The molecule has 2 heteroatoms. The molecular formula is C8H11NS. The van der Waals surface area contributed by atoms with Crippen LogP contribution in [0.2, 0.25) is 0 Å². The molecule has 0 heterocycles. The molecule has 1 unspecified atom stereocenters. The maximum atomic E-state index is 3.94. The zero-order valence-electron chi connectivity index (χ0n) is 6.00. The van der Waals surface area contributed by atoms with Gasteiger partial charge in [-0.3, -0.25) is 4.72 Å². The van der Waals surface area contributed by atoms with Crippen LogP contribution in [-0.2, 0) is 0 Å². The summed E-state index contributed by atoms with van der Waals surface area (Å²) in [6.45, 7) is 0. The SMILES string of the molecule is C=S(NC)c1ccccc1. The van der Waals surface area contributed by atoms with Crippen molar-refractivity contribution in [3.05, 3.63) is 30.3 Å². The molecule has 0 spiro atoms. The Morgan fingerprint density at radius 2 is 1.90 bits per heavy atom. The molecule has 0 aliphatic heterocycles. The van der Waals surface area contributed by atoms with Gasteiger partial charge in [-0.1, -0.05) is 34.7 Å². The molecule has 1 N–H and O–H groups in total. The molecule has 0 saturated heterocycles. The van der Waals surface area contributed by atoms with E-state index in [2.05, 4.69) is 22.7 Å². The van der Waals surface area contributed by atoms with Gasteiger partial charge in [-0.2, -0.15) is 0 Å². The molecule has 0 aromatic heterocycles. The minimum Gasteiger partial charge on any atom is -0.269 e. The van der Waals surface area contributed by atoms with Crippen molar-refractivity contribution in [3.63, 3.8) is 0 Å². The molecule has 54 valence electrons. The fraction of sp³-hybridized carbons (Fsp3) is 0.125. The maximum absolute atomic E-state index is 3.94. The van der Waals surface area contributed by atoms with E-state index in [4.69, 9.17) is 0 Å². The van der Waals surface area contributed by atoms with E-state index in [0.717, 1.165) is 0 Å². The van der Waals surface area contributed by atoms with Crippen molar-refractivity contribution in [2.75, 3.05) is 7.05 Å². The molecule has 0 aliphatic rings. The smallest absolute Gasteiger partial charge is 0.0151 e. The Kier molecular flexibility index (Phi) is 2.66. The predicted molar refractivity (Wildman–Crippen MR) is 48.5 cm³/mol. The molecule has 1 atom stereocenters. The van der Waals surface area contributed by atoms with Crippen molar-refractivity contribution in [1.29, 1.82) is 0 Å². The Morgan fingerprint density at radius 1 is 1.30 bits per heavy atom. The van der Waals surface area contributed by atoms with Gasteiger partial charge in [0.2, 0.25) is 0 Å². The number of hydrogen-bond donors (Lipinski definition) is 1. The second-order valence-corrected chi connectivity index (χ2v) is 3.57. The molecule has 10 heavy (non-hydrogen) atoms. The molecule has 0 aliphatic carbocycles. The summed E-state index contributed by atoms with van der Waals surface area (Å²) in [6.07, 6.45) is 0. The van der Waals surface area contributed by atoms with Gasteiger partial charge in [-0.25, -0.2) is 0 Å². The second kappa shape index (κ2) is 3.54. The number of rotatable bonds is 2. The van der Waals surface area contributed by atoms with Gasteiger partial charge in [0.1, 0.15) is 0 Å². The fourth-order valence-corrected chi connectivity index (χ4v) is 1.42. The van der Waals surface area contributed by atoms with Crippen molar-refractivity contribution < 1.29 is 0 Å². The van der Waals surface area contributed by atoms with Crippen molar-refractivity contribution in [1.82, 2.24) is 4.72 Å². The van der Waals surface area contributed by atoms with Crippen LogP contribution in [0.15, 0.2) is 35.2 Å². The molecule has 0 amide bonds. The monoisotopic (exact) mass is 153 g/mol. The first-order chi connectivity index (χ1) is 4.84. The Bertz CT molecular complexity index is 218. The topological polar surface area (TPSA) is 12.0 Å². The summed E-state index contributed by atoms with van der Waals surface area (Å²) in [7, 11) is 1.88. The van der Waals surface area contributed by atoms with Crippen LogP contribution in [0.25, 0.3) is 0 Å². The lowest BCUT2D eigenvalue weighted by molar-refractivity contribution is 1.27. The van der Waals surface area contributed by atoms with E-state index in [1.165, 1.54) is 4.90 Å². The Balaban J connectivity index is 2.85. The van der Waals surface area contributed by atoms with Gasteiger partial charge in [-0.05, 0) is 19.2 Å². The fourth-order valence-electron chi connectivity index (χ4n) is 0.703. The summed E-state index contributed by atoms with van der Waals surface area (Å²) < 4.78 is 3.10. The van der Waals surface area contributed by atoms with Crippen LogP contribution in [0.3, 0.4) is 0 Å². The zero-order chi connectivity index (χ0) is 7.40. The molecule has 0 fully saturated rings. The first-order valence-electron chi connectivity index (χ1n) is 3.11. The van der Waals surface area contributed by atoms with Gasteiger partial charge in [0.15, 0.2) is 0 Å². The highest BCUT2D eigenvalue weighted by molar-refractivity contribution is 8.12. The number of hydrogen-bond acceptors (Lipinski definition) is 1. The standard InChI is InChI=1S/C8H11NS/c1-9-10(2)8-6-4-3-5-7-8/h3-7,9H,2H2,1H3. The minimum atomic E-state index is -0.0404. The lowest BCUT2D eigenvalue weighted by Gasteiger charge is -2.03. The zero-order valence-corrected chi connectivity index (χ0v) is 6.82. The van der Waals surface area contributed by atoms with E-state index >= 15 is 0 Å². The van der Waals surface area contributed by atoms with Gasteiger partial charge in [0, 0.05) is 4.90 Å². The first kappa shape index (κ1) is 7.51. The van der Waals surface area contributed by atoms with Gasteiger partial charge in [0.05, 0.1) is 0 Å². The summed E-state index contributed by atoms with van der Waals surface area (Å²) in [4.78, 5) is 1.25. The molecule has 0 bridgehead atoms. The van der Waals surface area contributed by atoms with Crippen LogP contribution in [0.5, 0.6) is 0 Å². The summed E-state index contributed by atoms with van der Waals surface area (Å²) >= 11 is 0. The van der Waals surface area contributed by atoms with E-state index in [0.29, 0.717) is 0 Å². The van der Waals surface area contributed by atoms with Crippen molar-refractivity contribution in [3.8, 4) is 0 Å². The quantitative estimate of drug-likeness (QED) is 0.640. The predicted octanol–water partition coefficient (Wildman–Crippen LogP) is 1.88. The first-order valence-corrected chi connectivity index (χ1v) is 4.50. The van der Waals surface area contributed by atoms with Crippen molar-refractivity contribution in [2.24, 2.45) is 0 Å². The Labute approximate surface area is 64.1 Å². The van der Waals surface area contributed by atoms with Crippen LogP contribution in [0.4, 0.5) is 0 Å². The molecule has 1 aromatic carbocycles. The third kappa shape index (κ3) is 1.69. The maximum Gasteiger partial charge on any atom is 0.0151 e. The van der Waals surface area contributed by atoms with Crippen LogP contribution in [-0.4, -0.2) is 12.9 Å². The summed E-state index contributed by atoms with van der Waals surface area (Å²) in [5.41, 5.74) is 0. The summed E-state index contributed by atoms with van der Waals surface area (Å²) in [5, 5.41) is 0. The van der Waals surface area contributed by atoms with E-state index in [1.54, 1.807) is 0 Å². The number of nitrogens with one attached hydrogen (secondary N) is 1. The van der Waals surface area contributed by atoms with E-state index in [9.17, 15) is 0 Å². The molecule has 1 rings (SSSR count). The largest absolute Gasteiger partial charge is 0.269 e. The lowest BCUT2D eigenvalue weighted by Crippen LogP contribution is -1.94. The van der Waals surface area contributed by atoms with Gasteiger partial charge in [0.25, 0.3) is 0 Å². The third-order valence-electron chi connectivity index (χ3n) is 1.27.